The molecular weight excluding hydrogens is 176 g/mol. The molecule has 1 aliphatic rings. The van der Waals surface area contributed by atoms with Gasteiger partial charge in [0.15, 0.2) is 0 Å². The predicted molar refractivity (Wildman–Crippen MR) is 56.6 cm³/mol. The van der Waals surface area contributed by atoms with Crippen molar-refractivity contribution >= 4 is 5.91 Å². The molecule has 1 heterocycles. The fraction of sp³-hybridized carbons (Fsp3) is 0.727. The Hall–Kier alpha value is -1.01. The first kappa shape index (κ1) is 11.1. The Morgan fingerprint density at radius 1 is 1.71 bits per heavy atom. The minimum absolute atomic E-state index is 0.0398. The highest BCUT2D eigenvalue weighted by atomic mass is 16.2. The van der Waals surface area contributed by atoms with E-state index in [1.807, 2.05) is 0 Å². The van der Waals surface area contributed by atoms with E-state index in [4.69, 9.17) is 6.42 Å². The number of rotatable bonds is 3. The van der Waals surface area contributed by atoms with Gasteiger partial charge in [-0.25, -0.2) is 0 Å². The van der Waals surface area contributed by atoms with Crippen LogP contribution in [0.25, 0.3) is 0 Å². The highest BCUT2D eigenvalue weighted by molar-refractivity contribution is 5.82. The van der Waals surface area contributed by atoms with E-state index in [9.17, 15) is 4.79 Å². The van der Waals surface area contributed by atoms with Gasteiger partial charge in [-0.05, 0) is 25.3 Å². The quantitative estimate of drug-likeness (QED) is 0.643. The van der Waals surface area contributed by atoms with Crippen LogP contribution in [-0.4, -0.2) is 25.0 Å². The fourth-order valence-corrected chi connectivity index (χ4v) is 1.83. The maximum atomic E-state index is 11.5. The molecule has 78 valence electrons. The molecule has 14 heavy (non-hydrogen) atoms. The number of amides is 1. The first-order valence-electron chi connectivity index (χ1n) is 5.22. The Morgan fingerprint density at radius 2 is 2.50 bits per heavy atom. The molecule has 3 nitrogen and oxygen atoms in total. The Bertz CT molecular complexity index is 232. The van der Waals surface area contributed by atoms with Crippen LogP contribution in [0.1, 0.15) is 26.2 Å². The van der Waals surface area contributed by atoms with Crippen LogP contribution in [0.5, 0.6) is 0 Å². The van der Waals surface area contributed by atoms with E-state index in [-0.39, 0.29) is 11.9 Å². The van der Waals surface area contributed by atoms with Crippen molar-refractivity contribution in [3.05, 3.63) is 0 Å². The van der Waals surface area contributed by atoms with Gasteiger partial charge in [-0.15, -0.1) is 6.42 Å². The monoisotopic (exact) mass is 194 g/mol. The summed E-state index contributed by atoms with van der Waals surface area (Å²) >= 11 is 0. The van der Waals surface area contributed by atoms with Crippen molar-refractivity contribution in [2.75, 3.05) is 13.1 Å². The minimum Gasteiger partial charge on any atom is -0.344 e. The summed E-state index contributed by atoms with van der Waals surface area (Å²) < 4.78 is 0. The lowest BCUT2D eigenvalue weighted by molar-refractivity contribution is -0.123. The summed E-state index contributed by atoms with van der Waals surface area (Å²) in [5.74, 6) is 3.12. The van der Waals surface area contributed by atoms with Crippen LogP contribution in [0, 0.1) is 18.3 Å². The molecule has 1 amide bonds. The van der Waals surface area contributed by atoms with Gasteiger partial charge in [0.2, 0.25) is 5.91 Å². The van der Waals surface area contributed by atoms with Gasteiger partial charge in [0, 0.05) is 0 Å². The highest BCUT2D eigenvalue weighted by Crippen LogP contribution is 2.19. The van der Waals surface area contributed by atoms with E-state index in [0.29, 0.717) is 12.5 Å². The molecule has 1 saturated heterocycles. The van der Waals surface area contributed by atoms with Crippen LogP contribution in [0.2, 0.25) is 0 Å². The van der Waals surface area contributed by atoms with Crippen molar-refractivity contribution in [1.29, 1.82) is 0 Å². The molecule has 0 aromatic carbocycles. The van der Waals surface area contributed by atoms with Gasteiger partial charge in [-0.3, -0.25) is 4.79 Å². The molecule has 2 atom stereocenters. The SMILES string of the molecule is C#CCNC(=O)C1CC(CC)CCN1. The smallest absolute Gasteiger partial charge is 0.237 e. The van der Waals surface area contributed by atoms with Crippen LogP contribution in [0.15, 0.2) is 0 Å². The zero-order valence-corrected chi connectivity index (χ0v) is 8.68. The molecule has 0 saturated carbocycles. The molecule has 0 aliphatic carbocycles. The average molecular weight is 194 g/mol. The molecule has 3 heteroatoms. The third-order valence-corrected chi connectivity index (χ3v) is 2.77. The molecule has 0 aromatic heterocycles. The standard InChI is InChI=1S/C11H18N2O/c1-3-6-13-11(14)10-8-9(4-2)5-7-12-10/h1,9-10,12H,4-8H2,2H3,(H,13,14). The zero-order chi connectivity index (χ0) is 10.4. The Morgan fingerprint density at radius 3 is 3.14 bits per heavy atom. The lowest BCUT2D eigenvalue weighted by Crippen LogP contribution is -2.48. The molecule has 1 aliphatic heterocycles. The van der Waals surface area contributed by atoms with Crippen molar-refractivity contribution < 1.29 is 4.79 Å². The van der Waals surface area contributed by atoms with Gasteiger partial charge in [-0.2, -0.15) is 0 Å². The first-order chi connectivity index (χ1) is 6.77. The van der Waals surface area contributed by atoms with Gasteiger partial charge >= 0.3 is 0 Å². The fourth-order valence-electron chi connectivity index (χ4n) is 1.83. The summed E-state index contributed by atoms with van der Waals surface area (Å²) in [5, 5.41) is 5.92. The minimum atomic E-state index is -0.0398. The normalized spacial score (nSPS) is 26.6. The molecule has 1 fully saturated rings. The van der Waals surface area contributed by atoms with Crippen molar-refractivity contribution in [1.82, 2.24) is 10.6 Å². The number of nitrogens with one attached hydrogen (secondary N) is 2. The van der Waals surface area contributed by atoms with Crippen LogP contribution >= 0.6 is 0 Å². The lowest BCUT2D eigenvalue weighted by Gasteiger charge is -2.28. The van der Waals surface area contributed by atoms with Crippen molar-refractivity contribution in [3.8, 4) is 12.3 Å². The molecule has 0 spiro atoms. The van der Waals surface area contributed by atoms with Gasteiger partial charge in [0.1, 0.15) is 0 Å². The molecule has 0 radical (unpaired) electrons. The lowest BCUT2D eigenvalue weighted by atomic mass is 9.90. The summed E-state index contributed by atoms with van der Waals surface area (Å²) in [4.78, 5) is 11.5. The summed E-state index contributed by atoms with van der Waals surface area (Å²) in [6.45, 7) is 3.44. The Labute approximate surface area is 85.6 Å². The van der Waals surface area contributed by atoms with Crippen LogP contribution in [0.3, 0.4) is 0 Å². The predicted octanol–water partition coefficient (Wildman–Crippen LogP) is 0.514. The second-order valence-electron chi connectivity index (χ2n) is 3.73. The average Bonchev–Trinajstić information content (AvgIpc) is 2.26. The van der Waals surface area contributed by atoms with E-state index in [1.165, 1.54) is 6.42 Å². The molecule has 0 aromatic rings. The number of hydrogen-bond acceptors (Lipinski definition) is 2. The second kappa shape index (κ2) is 5.66. The molecule has 2 N–H and O–H groups in total. The van der Waals surface area contributed by atoms with E-state index in [1.54, 1.807) is 0 Å². The largest absolute Gasteiger partial charge is 0.344 e. The Kier molecular flexibility index (Phi) is 4.48. The van der Waals surface area contributed by atoms with Gasteiger partial charge in [0.05, 0.1) is 12.6 Å². The van der Waals surface area contributed by atoms with Gasteiger partial charge in [0.25, 0.3) is 0 Å². The topological polar surface area (TPSA) is 41.1 Å². The number of carbonyl (C=O) groups excluding carboxylic acids is 1. The third kappa shape index (κ3) is 3.04. The number of terminal acetylenes is 1. The maximum Gasteiger partial charge on any atom is 0.237 e. The number of hydrogen-bond donors (Lipinski definition) is 2. The third-order valence-electron chi connectivity index (χ3n) is 2.77. The summed E-state index contributed by atoms with van der Waals surface area (Å²) in [6.07, 6.45) is 8.34. The van der Waals surface area contributed by atoms with Crippen LogP contribution < -0.4 is 10.6 Å². The molecular formula is C11H18N2O. The van der Waals surface area contributed by atoms with Gasteiger partial charge in [-0.1, -0.05) is 19.3 Å². The highest BCUT2D eigenvalue weighted by Gasteiger charge is 2.25. The van der Waals surface area contributed by atoms with E-state index in [0.717, 1.165) is 19.4 Å². The molecule has 0 bridgehead atoms. The van der Waals surface area contributed by atoms with Crippen molar-refractivity contribution in [3.63, 3.8) is 0 Å². The maximum absolute atomic E-state index is 11.5. The van der Waals surface area contributed by atoms with Gasteiger partial charge < -0.3 is 10.6 Å². The van der Waals surface area contributed by atoms with Crippen molar-refractivity contribution in [2.24, 2.45) is 5.92 Å². The van der Waals surface area contributed by atoms with E-state index in [2.05, 4.69) is 23.5 Å². The van der Waals surface area contributed by atoms with Crippen LogP contribution in [-0.2, 0) is 4.79 Å². The van der Waals surface area contributed by atoms with Crippen molar-refractivity contribution in [2.45, 2.75) is 32.2 Å². The zero-order valence-electron chi connectivity index (χ0n) is 8.68. The first-order valence-corrected chi connectivity index (χ1v) is 5.22. The summed E-state index contributed by atoms with van der Waals surface area (Å²) in [7, 11) is 0. The van der Waals surface area contributed by atoms with E-state index < -0.39 is 0 Å². The van der Waals surface area contributed by atoms with Crippen LogP contribution in [0.4, 0.5) is 0 Å². The van der Waals surface area contributed by atoms with E-state index >= 15 is 0 Å². The molecule has 2 unspecified atom stereocenters. The molecule has 1 rings (SSSR count). The summed E-state index contributed by atoms with van der Waals surface area (Å²) in [5.41, 5.74) is 0. The number of piperidine rings is 1. The Balaban J connectivity index is 2.36. The summed E-state index contributed by atoms with van der Waals surface area (Å²) in [6, 6.07) is -0.0398. The number of carbonyl (C=O) groups is 1. The second-order valence-corrected chi connectivity index (χ2v) is 3.73.